The summed E-state index contributed by atoms with van der Waals surface area (Å²) in [4.78, 5) is 0. The normalized spacial score (nSPS) is 11.3. The first-order valence-corrected chi connectivity index (χ1v) is 6.36. The van der Waals surface area contributed by atoms with E-state index in [1.54, 1.807) is 0 Å². The Morgan fingerprint density at radius 2 is 1.36 bits per heavy atom. The van der Waals surface area contributed by atoms with E-state index in [0.29, 0.717) is 0 Å². The zero-order valence-electron chi connectivity index (χ0n) is 9.93. The second-order valence-electron chi connectivity index (χ2n) is 4.02. The topological polar surface area (TPSA) is 0 Å². The van der Waals surface area contributed by atoms with Crippen molar-refractivity contribution in [3.05, 3.63) is 19.1 Å². The highest BCUT2D eigenvalue weighted by Crippen LogP contribution is 2.06. The minimum atomic E-state index is 1.09. The number of rotatable bonds is 10. The van der Waals surface area contributed by atoms with Crippen molar-refractivity contribution in [2.75, 3.05) is 0 Å². The van der Waals surface area contributed by atoms with E-state index >= 15 is 0 Å². The van der Waals surface area contributed by atoms with Gasteiger partial charge in [0.15, 0.2) is 0 Å². The van der Waals surface area contributed by atoms with Gasteiger partial charge in [0.2, 0.25) is 0 Å². The van der Waals surface area contributed by atoms with E-state index < -0.39 is 0 Å². The van der Waals surface area contributed by atoms with Crippen molar-refractivity contribution in [3.63, 3.8) is 0 Å². The second-order valence-corrected chi connectivity index (χ2v) is 4.02. The van der Waals surface area contributed by atoms with Crippen LogP contribution in [0.5, 0.6) is 0 Å². The third-order valence-electron chi connectivity index (χ3n) is 2.51. The Bertz CT molecular complexity index is 113. The summed E-state index contributed by atoms with van der Waals surface area (Å²) >= 11 is 0. The van der Waals surface area contributed by atoms with Gasteiger partial charge in [-0.05, 0) is 25.7 Å². The van der Waals surface area contributed by atoms with Crippen molar-refractivity contribution >= 4 is 0 Å². The quantitative estimate of drug-likeness (QED) is 0.328. The summed E-state index contributed by atoms with van der Waals surface area (Å²) in [5.74, 6) is 0. The molecular formula is C14H27. The lowest BCUT2D eigenvalue weighted by atomic mass is 10.1. The predicted molar refractivity (Wildman–Crippen MR) is 66.3 cm³/mol. The summed E-state index contributed by atoms with van der Waals surface area (Å²) in [6.07, 6.45) is 17.9. The van der Waals surface area contributed by atoms with E-state index in [0.717, 1.165) is 6.42 Å². The lowest BCUT2D eigenvalue weighted by Gasteiger charge is -1.96. The lowest BCUT2D eigenvalue weighted by Crippen LogP contribution is -1.76. The first-order chi connectivity index (χ1) is 6.91. The first-order valence-electron chi connectivity index (χ1n) is 6.36. The van der Waals surface area contributed by atoms with E-state index in [2.05, 4.69) is 26.0 Å². The Morgan fingerprint density at radius 3 is 1.93 bits per heavy atom. The highest BCUT2D eigenvalue weighted by Gasteiger charge is 1.86. The zero-order chi connectivity index (χ0) is 10.5. The molecule has 0 aliphatic heterocycles. The minimum Gasteiger partial charge on any atom is -0.0885 e. The summed E-state index contributed by atoms with van der Waals surface area (Å²) in [6.45, 7) is 6.10. The van der Waals surface area contributed by atoms with Crippen LogP contribution in [0.3, 0.4) is 0 Å². The predicted octanol–water partition coefficient (Wildman–Crippen LogP) is 5.30. The number of allylic oxidation sites excluding steroid dienone is 2. The van der Waals surface area contributed by atoms with Crippen LogP contribution in [0, 0.1) is 6.92 Å². The SMILES string of the molecule is [CH2]CCCC/C=C/CCCCCCC. The lowest BCUT2D eigenvalue weighted by molar-refractivity contribution is 0.636. The Kier molecular flexibility index (Phi) is 12.5. The van der Waals surface area contributed by atoms with Gasteiger partial charge in [0.1, 0.15) is 0 Å². The standard InChI is InChI=1S/C14H27/c1-3-5-7-9-11-13-14-12-10-8-6-4-2/h11,13H,1,3-10,12,14H2,2H3/b13-11+. The van der Waals surface area contributed by atoms with Gasteiger partial charge < -0.3 is 0 Å². The van der Waals surface area contributed by atoms with Crippen LogP contribution >= 0.6 is 0 Å². The monoisotopic (exact) mass is 195 g/mol. The first kappa shape index (κ1) is 13.7. The molecule has 0 aromatic heterocycles. The molecule has 0 atom stereocenters. The summed E-state index contributed by atoms with van der Waals surface area (Å²) in [5, 5.41) is 0. The van der Waals surface area contributed by atoms with E-state index in [-0.39, 0.29) is 0 Å². The number of hydrogen-bond acceptors (Lipinski definition) is 0. The van der Waals surface area contributed by atoms with Gasteiger partial charge in [0, 0.05) is 0 Å². The van der Waals surface area contributed by atoms with Crippen LogP contribution in [0.15, 0.2) is 12.2 Å². The summed E-state index contributed by atoms with van der Waals surface area (Å²) in [7, 11) is 0. The van der Waals surface area contributed by atoms with Gasteiger partial charge in [0.25, 0.3) is 0 Å². The van der Waals surface area contributed by atoms with Crippen LogP contribution in [0.1, 0.15) is 71.1 Å². The fourth-order valence-electron chi connectivity index (χ4n) is 1.54. The van der Waals surface area contributed by atoms with Gasteiger partial charge >= 0.3 is 0 Å². The van der Waals surface area contributed by atoms with Crippen molar-refractivity contribution in [3.8, 4) is 0 Å². The largest absolute Gasteiger partial charge is 0.0885 e. The summed E-state index contributed by atoms with van der Waals surface area (Å²) in [5.41, 5.74) is 0. The Morgan fingerprint density at radius 1 is 0.786 bits per heavy atom. The van der Waals surface area contributed by atoms with Crippen molar-refractivity contribution in [1.82, 2.24) is 0 Å². The van der Waals surface area contributed by atoms with E-state index in [1.807, 2.05) is 0 Å². The van der Waals surface area contributed by atoms with Gasteiger partial charge in [-0.3, -0.25) is 0 Å². The molecule has 0 aromatic rings. The average Bonchev–Trinajstić information content (AvgIpc) is 2.21. The number of unbranched alkanes of at least 4 members (excludes halogenated alkanes) is 8. The molecule has 0 saturated carbocycles. The Labute approximate surface area is 90.8 Å². The van der Waals surface area contributed by atoms with Gasteiger partial charge in [0.05, 0.1) is 0 Å². The van der Waals surface area contributed by atoms with Gasteiger partial charge in [-0.2, -0.15) is 0 Å². The molecule has 14 heavy (non-hydrogen) atoms. The molecule has 0 heterocycles. The molecular weight excluding hydrogens is 168 g/mol. The van der Waals surface area contributed by atoms with Crippen molar-refractivity contribution in [2.24, 2.45) is 0 Å². The maximum atomic E-state index is 3.84. The maximum Gasteiger partial charge on any atom is -0.0351 e. The van der Waals surface area contributed by atoms with Crippen LogP contribution in [0.25, 0.3) is 0 Å². The van der Waals surface area contributed by atoms with Crippen molar-refractivity contribution in [2.45, 2.75) is 71.1 Å². The molecule has 0 unspecified atom stereocenters. The Hall–Kier alpha value is -0.260. The van der Waals surface area contributed by atoms with Gasteiger partial charge in [-0.25, -0.2) is 0 Å². The second kappa shape index (κ2) is 12.7. The molecule has 0 fully saturated rings. The average molecular weight is 195 g/mol. The van der Waals surface area contributed by atoms with Crippen LogP contribution in [0.2, 0.25) is 0 Å². The molecule has 0 nitrogen and oxygen atoms in total. The molecule has 0 heteroatoms. The van der Waals surface area contributed by atoms with Crippen molar-refractivity contribution in [1.29, 1.82) is 0 Å². The molecule has 0 N–H and O–H groups in total. The van der Waals surface area contributed by atoms with E-state index in [4.69, 9.17) is 0 Å². The third-order valence-corrected chi connectivity index (χ3v) is 2.51. The highest BCUT2D eigenvalue weighted by molar-refractivity contribution is 4.81. The number of hydrogen-bond donors (Lipinski definition) is 0. The molecule has 1 radical (unpaired) electrons. The molecule has 0 aromatic carbocycles. The van der Waals surface area contributed by atoms with Crippen LogP contribution < -0.4 is 0 Å². The van der Waals surface area contributed by atoms with Gasteiger partial charge in [-0.15, -0.1) is 0 Å². The molecule has 0 rings (SSSR count). The minimum absolute atomic E-state index is 1.09. The molecule has 0 aliphatic carbocycles. The zero-order valence-corrected chi connectivity index (χ0v) is 9.93. The van der Waals surface area contributed by atoms with Crippen LogP contribution in [-0.2, 0) is 0 Å². The fourth-order valence-corrected chi connectivity index (χ4v) is 1.54. The maximum absolute atomic E-state index is 3.84. The molecule has 0 bridgehead atoms. The van der Waals surface area contributed by atoms with Crippen molar-refractivity contribution < 1.29 is 0 Å². The molecule has 0 amide bonds. The molecule has 0 aliphatic rings. The van der Waals surface area contributed by atoms with Crippen LogP contribution in [0.4, 0.5) is 0 Å². The summed E-state index contributed by atoms with van der Waals surface area (Å²) < 4.78 is 0. The highest BCUT2D eigenvalue weighted by atomic mass is 13.9. The summed E-state index contributed by atoms with van der Waals surface area (Å²) in [6, 6.07) is 0. The smallest absolute Gasteiger partial charge is 0.0351 e. The van der Waals surface area contributed by atoms with Crippen LogP contribution in [-0.4, -0.2) is 0 Å². The van der Waals surface area contributed by atoms with E-state index in [9.17, 15) is 0 Å². The van der Waals surface area contributed by atoms with Gasteiger partial charge in [-0.1, -0.05) is 64.5 Å². The Balaban J connectivity index is 2.96. The fraction of sp³-hybridized carbons (Fsp3) is 0.786. The molecule has 0 spiro atoms. The molecule has 83 valence electrons. The van der Waals surface area contributed by atoms with E-state index in [1.165, 1.54) is 57.8 Å². The molecule has 0 saturated heterocycles. The third kappa shape index (κ3) is 11.7.